The van der Waals surface area contributed by atoms with Crippen LogP contribution < -0.4 is 5.32 Å². The van der Waals surface area contributed by atoms with E-state index in [1.807, 2.05) is 48.5 Å². The van der Waals surface area contributed by atoms with Gasteiger partial charge in [0.1, 0.15) is 0 Å². The molecule has 0 heterocycles. The van der Waals surface area contributed by atoms with Gasteiger partial charge in [-0.1, -0.05) is 43.6 Å². The fraction of sp³-hybridized carbons (Fsp3) is 0.235. The summed E-state index contributed by atoms with van der Waals surface area (Å²) >= 11 is 7.34. The molecular formula is C17H18ClNOS. The fourth-order valence-electron chi connectivity index (χ4n) is 1.98. The number of hydrogen-bond donors (Lipinski definition) is 1. The van der Waals surface area contributed by atoms with Gasteiger partial charge in [0.15, 0.2) is 0 Å². The molecule has 0 fully saturated rings. The maximum atomic E-state index is 12.1. The van der Waals surface area contributed by atoms with Gasteiger partial charge in [-0.2, -0.15) is 0 Å². The number of thioether (sulfide) groups is 1. The maximum absolute atomic E-state index is 12.1. The van der Waals surface area contributed by atoms with Crippen molar-refractivity contribution in [2.75, 3.05) is 11.1 Å². The molecule has 0 aromatic heterocycles. The summed E-state index contributed by atoms with van der Waals surface area (Å²) in [6, 6.07) is 15.4. The topological polar surface area (TPSA) is 29.1 Å². The molecule has 0 saturated heterocycles. The number of carbonyl (C=O) groups excluding carboxylic acids is 1. The largest absolute Gasteiger partial charge is 0.325 e. The monoisotopic (exact) mass is 319 g/mol. The van der Waals surface area contributed by atoms with Gasteiger partial charge in [-0.25, -0.2) is 0 Å². The summed E-state index contributed by atoms with van der Waals surface area (Å²) in [5.41, 5.74) is 2.05. The highest BCUT2D eigenvalue weighted by Crippen LogP contribution is 2.25. The van der Waals surface area contributed by atoms with E-state index >= 15 is 0 Å². The average molecular weight is 320 g/mol. The first-order valence-electron chi connectivity index (χ1n) is 6.83. The molecule has 21 heavy (non-hydrogen) atoms. The van der Waals surface area contributed by atoms with Crippen LogP contribution in [0, 0.1) is 0 Å². The summed E-state index contributed by atoms with van der Waals surface area (Å²) in [5.74, 6) is 0.766. The number of carbonyl (C=O) groups is 1. The number of amides is 1. The average Bonchev–Trinajstić information content (AvgIpc) is 2.47. The number of hydrogen-bond acceptors (Lipinski definition) is 2. The van der Waals surface area contributed by atoms with Crippen LogP contribution in [0.3, 0.4) is 0 Å². The number of halogens is 1. The van der Waals surface area contributed by atoms with Crippen LogP contribution in [0.25, 0.3) is 0 Å². The van der Waals surface area contributed by atoms with E-state index in [-0.39, 0.29) is 5.91 Å². The first kappa shape index (κ1) is 15.9. The fourth-order valence-corrected chi connectivity index (χ4v) is 2.80. The van der Waals surface area contributed by atoms with Gasteiger partial charge in [-0.05, 0) is 41.8 Å². The molecule has 0 spiro atoms. The minimum atomic E-state index is 0.00282. The van der Waals surface area contributed by atoms with Crippen molar-refractivity contribution in [3.05, 3.63) is 59.1 Å². The third-order valence-corrected chi connectivity index (χ3v) is 4.30. The normalized spacial score (nSPS) is 10.7. The van der Waals surface area contributed by atoms with Gasteiger partial charge in [0.2, 0.25) is 5.91 Å². The Labute approximate surface area is 134 Å². The van der Waals surface area contributed by atoms with Gasteiger partial charge < -0.3 is 5.32 Å². The summed E-state index contributed by atoms with van der Waals surface area (Å²) in [4.78, 5) is 13.1. The second kappa shape index (κ2) is 7.53. The predicted molar refractivity (Wildman–Crippen MR) is 91.3 cm³/mol. The van der Waals surface area contributed by atoms with Gasteiger partial charge in [0.25, 0.3) is 0 Å². The molecule has 2 nitrogen and oxygen atoms in total. The van der Waals surface area contributed by atoms with Crippen LogP contribution in [0.2, 0.25) is 5.02 Å². The molecule has 0 atom stereocenters. The second-order valence-corrected chi connectivity index (χ2v) is 6.52. The molecule has 0 aliphatic carbocycles. The summed E-state index contributed by atoms with van der Waals surface area (Å²) in [7, 11) is 0. The van der Waals surface area contributed by atoms with Crippen LogP contribution >= 0.6 is 23.4 Å². The highest BCUT2D eigenvalue weighted by Gasteiger charge is 2.09. The van der Waals surface area contributed by atoms with E-state index in [2.05, 4.69) is 19.2 Å². The van der Waals surface area contributed by atoms with Gasteiger partial charge >= 0.3 is 0 Å². The van der Waals surface area contributed by atoms with Crippen molar-refractivity contribution >= 4 is 35.0 Å². The van der Waals surface area contributed by atoms with E-state index in [1.54, 1.807) is 0 Å². The number of rotatable bonds is 5. The number of para-hydroxylation sites is 1. The van der Waals surface area contributed by atoms with Crippen LogP contribution in [0.1, 0.15) is 25.3 Å². The zero-order valence-corrected chi connectivity index (χ0v) is 13.7. The third-order valence-electron chi connectivity index (χ3n) is 3.04. The van der Waals surface area contributed by atoms with E-state index in [1.165, 1.54) is 11.8 Å². The van der Waals surface area contributed by atoms with E-state index < -0.39 is 0 Å². The van der Waals surface area contributed by atoms with Gasteiger partial charge in [0, 0.05) is 15.6 Å². The van der Waals surface area contributed by atoms with Crippen molar-refractivity contribution in [3.63, 3.8) is 0 Å². The molecule has 0 radical (unpaired) electrons. The molecule has 1 amide bonds. The Kier molecular flexibility index (Phi) is 5.71. The zero-order chi connectivity index (χ0) is 15.2. The van der Waals surface area contributed by atoms with Crippen LogP contribution in [-0.4, -0.2) is 11.7 Å². The molecular weight excluding hydrogens is 302 g/mol. The maximum Gasteiger partial charge on any atom is 0.234 e. The Hall–Kier alpha value is -1.45. The molecule has 1 N–H and O–H groups in total. The molecule has 0 aliphatic heterocycles. The Morgan fingerprint density at radius 2 is 1.81 bits per heavy atom. The van der Waals surface area contributed by atoms with Crippen molar-refractivity contribution in [1.29, 1.82) is 0 Å². The zero-order valence-electron chi connectivity index (χ0n) is 12.1. The Balaban J connectivity index is 1.94. The van der Waals surface area contributed by atoms with Crippen molar-refractivity contribution in [1.82, 2.24) is 0 Å². The van der Waals surface area contributed by atoms with E-state index in [9.17, 15) is 4.79 Å². The Bertz CT molecular complexity index is 610. The first-order valence-corrected chi connectivity index (χ1v) is 8.20. The van der Waals surface area contributed by atoms with Crippen molar-refractivity contribution in [2.45, 2.75) is 24.7 Å². The molecule has 0 unspecified atom stereocenters. The van der Waals surface area contributed by atoms with Crippen LogP contribution in [0.5, 0.6) is 0 Å². The minimum Gasteiger partial charge on any atom is -0.325 e. The van der Waals surface area contributed by atoms with E-state index in [0.717, 1.165) is 16.1 Å². The van der Waals surface area contributed by atoms with Gasteiger partial charge in [-0.3, -0.25) is 4.79 Å². The summed E-state index contributed by atoms with van der Waals surface area (Å²) in [6.45, 7) is 4.24. The first-order chi connectivity index (χ1) is 10.1. The molecule has 0 bridgehead atoms. The molecule has 2 aromatic carbocycles. The van der Waals surface area contributed by atoms with Gasteiger partial charge in [0.05, 0.1) is 5.75 Å². The lowest BCUT2D eigenvalue weighted by atomic mass is 10.0. The van der Waals surface area contributed by atoms with Gasteiger partial charge in [-0.15, -0.1) is 11.8 Å². The number of benzene rings is 2. The lowest BCUT2D eigenvalue weighted by molar-refractivity contribution is -0.113. The van der Waals surface area contributed by atoms with Crippen molar-refractivity contribution in [3.8, 4) is 0 Å². The van der Waals surface area contributed by atoms with Crippen LogP contribution in [0.4, 0.5) is 5.69 Å². The molecule has 0 aliphatic rings. The lowest BCUT2D eigenvalue weighted by Gasteiger charge is -2.13. The Morgan fingerprint density at radius 1 is 1.14 bits per heavy atom. The third kappa shape index (κ3) is 4.80. The molecule has 2 rings (SSSR count). The number of nitrogens with one attached hydrogen (secondary N) is 1. The summed E-state index contributed by atoms with van der Waals surface area (Å²) < 4.78 is 0. The minimum absolute atomic E-state index is 0.00282. The number of anilines is 1. The molecule has 0 saturated carbocycles. The lowest BCUT2D eigenvalue weighted by Crippen LogP contribution is -2.15. The summed E-state index contributed by atoms with van der Waals surface area (Å²) in [6.07, 6.45) is 0. The molecule has 2 aromatic rings. The van der Waals surface area contributed by atoms with Crippen LogP contribution in [-0.2, 0) is 4.79 Å². The quantitative estimate of drug-likeness (QED) is 0.768. The highest BCUT2D eigenvalue weighted by molar-refractivity contribution is 8.00. The van der Waals surface area contributed by atoms with Crippen LogP contribution in [0.15, 0.2) is 53.4 Å². The predicted octanol–water partition coefficient (Wildman–Crippen LogP) is 5.19. The summed E-state index contributed by atoms with van der Waals surface area (Å²) in [5, 5.41) is 3.69. The SMILES string of the molecule is CC(C)c1ccccc1NC(=O)CSc1ccc(Cl)cc1. The Morgan fingerprint density at radius 3 is 2.48 bits per heavy atom. The van der Waals surface area contributed by atoms with E-state index in [4.69, 9.17) is 11.6 Å². The smallest absolute Gasteiger partial charge is 0.234 e. The molecule has 110 valence electrons. The standard InChI is InChI=1S/C17H18ClNOS/c1-12(2)15-5-3-4-6-16(15)19-17(20)11-21-14-9-7-13(18)8-10-14/h3-10,12H,11H2,1-2H3,(H,19,20). The van der Waals surface area contributed by atoms with Crippen molar-refractivity contribution < 1.29 is 4.79 Å². The van der Waals surface area contributed by atoms with Crippen molar-refractivity contribution in [2.24, 2.45) is 0 Å². The highest BCUT2D eigenvalue weighted by atomic mass is 35.5. The molecule has 4 heteroatoms. The van der Waals surface area contributed by atoms with E-state index in [0.29, 0.717) is 16.7 Å². The second-order valence-electron chi connectivity index (χ2n) is 5.03.